The molecular formula is C14H27NO5Si. The summed E-state index contributed by atoms with van der Waals surface area (Å²) >= 11 is 0. The molecule has 0 bridgehead atoms. The quantitative estimate of drug-likeness (QED) is 0.463. The molecule has 1 amide bonds. The summed E-state index contributed by atoms with van der Waals surface area (Å²) in [4.78, 5) is 23.5. The number of esters is 1. The van der Waals surface area contributed by atoms with E-state index in [9.17, 15) is 9.59 Å². The van der Waals surface area contributed by atoms with E-state index >= 15 is 0 Å². The molecule has 6 nitrogen and oxygen atoms in total. The second-order valence-corrected chi connectivity index (χ2v) is 11.1. The van der Waals surface area contributed by atoms with Crippen molar-refractivity contribution >= 4 is 20.4 Å². The van der Waals surface area contributed by atoms with Crippen LogP contribution in [0.25, 0.3) is 0 Å². The van der Waals surface area contributed by atoms with E-state index in [4.69, 9.17) is 9.16 Å². The Hall–Kier alpha value is -1.34. The molecule has 0 saturated heterocycles. The Labute approximate surface area is 128 Å². The van der Waals surface area contributed by atoms with Crippen LogP contribution in [0.5, 0.6) is 0 Å². The van der Waals surface area contributed by atoms with Crippen molar-refractivity contribution in [2.75, 3.05) is 20.8 Å². The summed E-state index contributed by atoms with van der Waals surface area (Å²) in [5.41, 5.74) is -1.46. The Morgan fingerprint density at radius 1 is 1.19 bits per heavy atom. The van der Waals surface area contributed by atoms with Gasteiger partial charge in [-0.15, -0.1) is 6.58 Å². The molecule has 0 aromatic heterocycles. The number of carbonyl (C=O) groups is 2. The van der Waals surface area contributed by atoms with Gasteiger partial charge in [-0.1, -0.05) is 26.8 Å². The molecule has 0 fully saturated rings. The average molecular weight is 317 g/mol. The van der Waals surface area contributed by atoms with Gasteiger partial charge in [0.2, 0.25) is 0 Å². The van der Waals surface area contributed by atoms with E-state index in [1.807, 2.05) is 0 Å². The van der Waals surface area contributed by atoms with E-state index in [1.54, 1.807) is 0 Å². The molecule has 0 rings (SSSR count). The zero-order valence-electron chi connectivity index (χ0n) is 14.0. The van der Waals surface area contributed by atoms with E-state index in [-0.39, 0.29) is 11.6 Å². The second-order valence-electron chi connectivity index (χ2n) is 6.33. The fourth-order valence-corrected chi connectivity index (χ4v) is 2.29. The molecule has 0 spiro atoms. The lowest BCUT2D eigenvalue weighted by Gasteiger charge is -2.39. The molecule has 0 heterocycles. The van der Waals surface area contributed by atoms with Gasteiger partial charge in [-0.25, -0.2) is 9.59 Å². The van der Waals surface area contributed by atoms with Crippen molar-refractivity contribution in [1.29, 1.82) is 0 Å². The van der Waals surface area contributed by atoms with E-state index in [0.29, 0.717) is 0 Å². The van der Waals surface area contributed by atoms with Crippen LogP contribution in [0.2, 0.25) is 18.1 Å². The van der Waals surface area contributed by atoms with E-state index < -0.39 is 25.9 Å². The molecule has 0 aliphatic heterocycles. The minimum absolute atomic E-state index is 0.0265. The standard InChI is InChI=1S/C14H27NO5Si/c1-9-14(11(16)18-5,15-12(17)19-6)10-20-21(7,8)13(2,3)4/h9H,1,10H2,2-8H3,(H,15,17)/t14-/m1/s1. The van der Waals surface area contributed by atoms with Crippen molar-refractivity contribution in [2.24, 2.45) is 0 Å². The van der Waals surface area contributed by atoms with Crippen LogP contribution in [0.15, 0.2) is 12.7 Å². The van der Waals surface area contributed by atoms with E-state index in [2.05, 4.69) is 50.5 Å². The summed E-state index contributed by atoms with van der Waals surface area (Å²) in [5, 5.41) is 2.42. The Morgan fingerprint density at radius 3 is 2.05 bits per heavy atom. The molecular weight excluding hydrogens is 290 g/mol. The fraction of sp³-hybridized carbons (Fsp3) is 0.714. The van der Waals surface area contributed by atoms with Gasteiger partial charge in [0.15, 0.2) is 13.9 Å². The first-order chi connectivity index (χ1) is 9.45. The minimum Gasteiger partial charge on any atom is -0.467 e. The summed E-state index contributed by atoms with van der Waals surface area (Å²) in [5.74, 6) is -0.651. The Morgan fingerprint density at radius 2 is 1.71 bits per heavy atom. The lowest BCUT2D eigenvalue weighted by atomic mass is 10.0. The predicted molar refractivity (Wildman–Crippen MR) is 83.6 cm³/mol. The van der Waals surface area contributed by atoms with Crippen molar-refractivity contribution in [2.45, 2.75) is 44.4 Å². The average Bonchev–Trinajstić information content (AvgIpc) is 2.41. The maximum Gasteiger partial charge on any atom is 0.408 e. The highest BCUT2D eigenvalue weighted by atomic mass is 28.4. The van der Waals surface area contributed by atoms with Gasteiger partial charge in [0.1, 0.15) is 0 Å². The molecule has 21 heavy (non-hydrogen) atoms. The van der Waals surface area contributed by atoms with Crippen LogP contribution in [-0.2, 0) is 18.7 Å². The van der Waals surface area contributed by atoms with Gasteiger partial charge in [0.25, 0.3) is 0 Å². The van der Waals surface area contributed by atoms with Gasteiger partial charge >= 0.3 is 12.1 Å². The first-order valence-corrected chi connectivity index (χ1v) is 9.58. The molecule has 1 N–H and O–H groups in total. The third kappa shape index (κ3) is 4.85. The highest BCUT2D eigenvalue weighted by Crippen LogP contribution is 2.37. The molecule has 0 radical (unpaired) electrons. The van der Waals surface area contributed by atoms with E-state index in [0.717, 1.165) is 0 Å². The van der Waals surface area contributed by atoms with E-state index in [1.165, 1.54) is 20.3 Å². The molecule has 122 valence electrons. The van der Waals surface area contributed by atoms with Crippen LogP contribution < -0.4 is 5.32 Å². The largest absolute Gasteiger partial charge is 0.467 e. The minimum atomic E-state index is -2.10. The number of rotatable bonds is 6. The number of alkyl carbamates (subject to hydrolysis) is 1. The topological polar surface area (TPSA) is 73.9 Å². The van der Waals surface area contributed by atoms with Gasteiger partial charge in [0.05, 0.1) is 20.8 Å². The molecule has 0 saturated carbocycles. The van der Waals surface area contributed by atoms with Crippen molar-refractivity contribution in [1.82, 2.24) is 5.32 Å². The number of nitrogens with one attached hydrogen (secondary N) is 1. The molecule has 0 aliphatic rings. The van der Waals surface area contributed by atoms with Gasteiger partial charge in [-0.2, -0.15) is 0 Å². The monoisotopic (exact) mass is 317 g/mol. The molecule has 0 aromatic rings. The van der Waals surface area contributed by atoms with Crippen molar-refractivity contribution in [3.8, 4) is 0 Å². The lowest BCUT2D eigenvalue weighted by Crippen LogP contribution is -2.59. The van der Waals surface area contributed by atoms with Crippen molar-refractivity contribution in [3.63, 3.8) is 0 Å². The predicted octanol–water partition coefficient (Wildman–Crippen LogP) is 2.46. The van der Waals surface area contributed by atoms with Crippen LogP contribution in [0, 0.1) is 0 Å². The number of amides is 1. The van der Waals surface area contributed by atoms with Crippen LogP contribution in [0.3, 0.4) is 0 Å². The number of ether oxygens (including phenoxy) is 2. The number of carbonyl (C=O) groups excluding carboxylic acids is 2. The van der Waals surface area contributed by atoms with Gasteiger partial charge in [0, 0.05) is 0 Å². The zero-order chi connectivity index (χ0) is 16.9. The summed E-state index contributed by atoms with van der Waals surface area (Å²) in [7, 11) is 0.361. The highest BCUT2D eigenvalue weighted by molar-refractivity contribution is 6.74. The molecule has 7 heteroatoms. The van der Waals surface area contributed by atoms with Crippen molar-refractivity contribution in [3.05, 3.63) is 12.7 Å². The molecule has 1 atom stereocenters. The zero-order valence-corrected chi connectivity index (χ0v) is 15.0. The first kappa shape index (κ1) is 19.7. The van der Waals surface area contributed by atoms with Crippen LogP contribution in [0.1, 0.15) is 20.8 Å². The smallest absolute Gasteiger partial charge is 0.408 e. The normalized spacial score (nSPS) is 14.8. The third-order valence-electron chi connectivity index (χ3n) is 3.88. The SMILES string of the molecule is C=C[C@](CO[Si](C)(C)C(C)(C)C)(NC(=O)OC)C(=O)OC. The maximum absolute atomic E-state index is 12.1. The molecule has 0 aliphatic carbocycles. The fourth-order valence-electron chi connectivity index (χ4n) is 1.27. The Kier molecular flexibility index (Phi) is 6.63. The summed E-state index contributed by atoms with van der Waals surface area (Å²) in [6.07, 6.45) is 0.558. The summed E-state index contributed by atoms with van der Waals surface area (Å²) < 4.78 is 15.3. The number of methoxy groups -OCH3 is 2. The Balaban J connectivity index is 5.30. The third-order valence-corrected chi connectivity index (χ3v) is 8.35. The molecule has 0 unspecified atom stereocenters. The van der Waals surface area contributed by atoms with Crippen molar-refractivity contribution < 1.29 is 23.5 Å². The summed E-state index contributed by atoms with van der Waals surface area (Å²) in [6, 6.07) is 0. The number of hydrogen-bond acceptors (Lipinski definition) is 5. The van der Waals surface area contributed by atoms with Crippen LogP contribution in [0.4, 0.5) is 4.79 Å². The first-order valence-electron chi connectivity index (χ1n) is 6.68. The summed E-state index contributed by atoms with van der Waals surface area (Å²) in [6.45, 7) is 13.9. The van der Waals surface area contributed by atoms with Gasteiger partial charge in [-0.3, -0.25) is 5.32 Å². The van der Waals surface area contributed by atoms with Crippen LogP contribution >= 0.6 is 0 Å². The maximum atomic E-state index is 12.1. The van der Waals surface area contributed by atoms with Gasteiger partial charge in [-0.05, 0) is 18.1 Å². The number of hydrogen-bond donors (Lipinski definition) is 1. The molecule has 0 aromatic carbocycles. The highest BCUT2D eigenvalue weighted by Gasteiger charge is 2.44. The second kappa shape index (κ2) is 7.08. The van der Waals surface area contributed by atoms with Gasteiger partial charge < -0.3 is 13.9 Å². The Bertz CT molecular complexity index is 403. The lowest BCUT2D eigenvalue weighted by molar-refractivity contribution is -0.147. The van der Waals surface area contributed by atoms with Crippen LogP contribution in [-0.4, -0.2) is 46.7 Å².